The van der Waals surface area contributed by atoms with Gasteiger partial charge in [0.1, 0.15) is 19.5 Å². The molecule has 1 atom stereocenters. The lowest BCUT2D eigenvalue weighted by Gasteiger charge is -2.28. The van der Waals surface area contributed by atoms with Gasteiger partial charge in [0.2, 0.25) is 6.79 Å². The zero-order valence-electron chi connectivity index (χ0n) is 19.7. The highest BCUT2D eigenvalue weighted by molar-refractivity contribution is 6.19. The molecule has 0 saturated heterocycles. The Morgan fingerprint density at radius 2 is 1.60 bits per heavy atom. The first-order valence-corrected chi connectivity index (χ1v) is 11.1. The Bertz CT molecular complexity index is 1290. The molecular weight excluding hydrogens is 450 g/mol. The van der Waals surface area contributed by atoms with E-state index < -0.39 is 5.92 Å². The number of hydrogen-bond donors (Lipinski definition) is 0. The van der Waals surface area contributed by atoms with Crippen LogP contribution in [0.4, 0.5) is 0 Å². The summed E-state index contributed by atoms with van der Waals surface area (Å²) in [6.45, 7) is 0.483. The van der Waals surface area contributed by atoms with Gasteiger partial charge in [0, 0.05) is 35.1 Å². The number of fused-ring (bicyclic) bond motifs is 2. The molecule has 0 fully saturated rings. The van der Waals surface area contributed by atoms with Crippen molar-refractivity contribution in [2.24, 2.45) is 5.16 Å². The van der Waals surface area contributed by atoms with Gasteiger partial charge in [0.05, 0.1) is 19.9 Å². The number of benzene rings is 3. The number of rotatable bonds is 7. The molecule has 8 heteroatoms. The second-order valence-corrected chi connectivity index (χ2v) is 8.11. The Labute approximate surface area is 203 Å². The molecule has 0 bridgehead atoms. The lowest BCUT2D eigenvalue weighted by molar-refractivity contribution is 0.0974. The minimum atomic E-state index is -0.416. The van der Waals surface area contributed by atoms with Crippen molar-refractivity contribution in [2.75, 3.05) is 28.1 Å². The molecule has 1 aliphatic heterocycles. The zero-order valence-corrected chi connectivity index (χ0v) is 19.7. The van der Waals surface area contributed by atoms with Gasteiger partial charge in [-0.15, -0.1) is 0 Å². The summed E-state index contributed by atoms with van der Waals surface area (Å²) in [6, 6.07) is 16.9. The summed E-state index contributed by atoms with van der Waals surface area (Å²) in [5.41, 5.74) is 3.48. The summed E-state index contributed by atoms with van der Waals surface area (Å²) in [7, 11) is 4.62. The summed E-state index contributed by atoms with van der Waals surface area (Å²) in [4.78, 5) is 18.6. The van der Waals surface area contributed by atoms with Crippen molar-refractivity contribution >= 4 is 11.5 Å². The van der Waals surface area contributed by atoms with Crippen molar-refractivity contribution in [3.05, 3.63) is 76.9 Å². The molecule has 0 spiro atoms. The third kappa shape index (κ3) is 4.23. The van der Waals surface area contributed by atoms with Gasteiger partial charge in [0.15, 0.2) is 28.8 Å². The maximum atomic E-state index is 13.4. The van der Waals surface area contributed by atoms with Crippen molar-refractivity contribution in [3.63, 3.8) is 0 Å². The Hall–Kier alpha value is -4.20. The molecule has 35 heavy (non-hydrogen) atoms. The lowest BCUT2D eigenvalue weighted by Crippen LogP contribution is -2.27. The number of nitrogens with zero attached hydrogens (tertiary/aromatic N) is 1. The predicted molar refractivity (Wildman–Crippen MR) is 128 cm³/mol. The van der Waals surface area contributed by atoms with Gasteiger partial charge in [-0.25, -0.2) is 0 Å². The monoisotopic (exact) mass is 475 g/mol. The van der Waals surface area contributed by atoms with Gasteiger partial charge in [0.25, 0.3) is 0 Å². The molecule has 0 radical (unpaired) electrons. The van der Waals surface area contributed by atoms with Crippen LogP contribution in [0.15, 0.2) is 59.8 Å². The first-order valence-electron chi connectivity index (χ1n) is 11.1. The first-order chi connectivity index (χ1) is 17.1. The molecule has 3 aromatic carbocycles. The highest BCUT2D eigenvalue weighted by atomic mass is 16.7. The molecule has 2 aliphatic rings. The Kier molecular flexibility index (Phi) is 6.18. The molecule has 8 nitrogen and oxygen atoms in total. The third-order valence-corrected chi connectivity index (χ3v) is 6.13. The van der Waals surface area contributed by atoms with Crippen LogP contribution in [0.2, 0.25) is 0 Å². The van der Waals surface area contributed by atoms with E-state index in [9.17, 15) is 4.79 Å². The molecule has 180 valence electrons. The summed E-state index contributed by atoms with van der Waals surface area (Å²) >= 11 is 0. The maximum Gasteiger partial charge on any atom is 0.231 e. The van der Waals surface area contributed by atoms with Crippen LogP contribution in [0.25, 0.3) is 0 Å². The van der Waals surface area contributed by atoms with E-state index in [2.05, 4.69) is 5.16 Å². The van der Waals surface area contributed by atoms with Crippen LogP contribution in [0.3, 0.4) is 0 Å². The number of hydrogen-bond acceptors (Lipinski definition) is 8. The average Bonchev–Trinajstić information content (AvgIpc) is 3.36. The normalized spacial score (nSPS) is 17.2. The predicted octanol–water partition coefficient (Wildman–Crippen LogP) is 4.73. The van der Waals surface area contributed by atoms with E-state index in [-0.39, 0.29) is 19.0 Å². The molecule has 3 aromatic rings. The minimum absolute atomic E-state index is 0.0491. The van der Waals surface area contributed by atoms with E-state index in [1.165, 1.54) is 7.11 Å². The number of ether oxygens (including phenoxy) is 5. The standard InChI is InChI=1S/C27H25NO7/c1-30-22-13-26-25(34-15-35-26)11-18(22)19-9-21(29)17-10-24(33-14-16-7-5-4-6-8-16)23(31-2)12-20(17)27(19)28-32-3/h4-8,10-13,19H,9,14-15H2,1-3H3. The quantitative estimate of drug-likeness (QED) is 0.457. The third-order valence-electron chi connectivity index (χ3n) is 6.13. The maximum absolute atomic E-state index is 13.4. The Balaban J connectivity index is 1.56. The fourth-order valence-corrected chi connectivity index (χ4v) is 4.45. The molecule has 0 N–H and O–H groups in total. The number of methoxy groups -OCH3 is 2. The fraction of sp³-hybridized carbons (Fsp3) is 0.259. The van der Waals surface area contributed by atoms with Crippen LogP contribution in [0, 0.1) is 0 Å². The van der Waals surface area contributed by atoms with E-state index in [1.54, 1.807) is 32.4 Å². The van der Waals surface area contributed by atoms with Crippen LogP contribution < -0.4 is 23.7 Å². The molecule has 1 aliphatic carbocycles. The van der Waals surface area contributed by atoms with Crippen LogP contribution in [-0.4, -0.2) is 39.6 Å². The van der Waals surface area contributed by atoms with Crippen molar-refractivity contribution in [2.45, 2.75) is 18.9 Å². The van der Waals surface area contributed by atoms with Gasteiger partial charge in [-0.2, -0.15) is 0 Å². The summed E-state index contributed by atoms with van der Waals surface area (Å²) in [5, 5.41) is 4.33. The second-order valence-electron chi connectivity index (χ2n) is 8.11. The van der Waals surface area contributed by atoms with E-state index in [1.807, 2.05) is 36.4 Å². The fourth-order valence-electron chi connectivity index (χ4n) is 4.45. The molecular formula is C27H25NO7. The molecule has 0 saturated carbocycles. The number of oxime groups is 1. The Morgan fingerprint density at radius 3 is 2.31 bits per heavy atom. The smallest absolute Gasteiger partial charge is 0.231 e. The average molecular weight is 475 g/mol. The van der Waals surface area contributed by atoms with Gasteiger partial charge in [-0.3, -0.25) is 4.79 Å². The van der Waals surface area contributed by atoms with Crippen molar-refractivity contribution in [3.8, 4) is 28.7 Å². The second kappa shape index (κ2) is 9.58. The lowest BCUT2D eigenvalue weighted by atomic mass is 9.77. The largest absolute Gasteiger partial charge is 0.496 e. The van der Waals surface area contributed by atoms with E-state index >= 15 is 0 Å². The summed E-state index contributed by atoms with van der Waals surface area (Å²) in [6.07, 6.45) is 0.176. The number of ketones is 1. The molecule has 5 rings (SSSR count). The number of carbonyl (C=O) groups is 1. The summed E-state index contributed by atoms with van der Waals surface area (Å²) < 4.78 is 28.3. The van der Waals surface area contributed by atoms with Crippen LogP contribution in [-0.2, 0) is 11.4 Å². The van der Waals surface area contributed by atoms with Gasteiger partial charge in [-0.1, -0.05) is 35.5 Å². The van der Waals surface area contributed by atoms with Crippen LogP contribution in [0.5, 0.6) is 28.7 Å². The molecule has 1 heterocycles. The zero-order chi connectivity index (χ0) is 24.4. The van der Waals surface area contributed by atoms with Crippen LogP contribution in [0.1, 0.15) is 39.4 Å². The number of carbonyl (C=O) groups excluding carboxylic acids is 1. The van der Waals surface area contributed by atoms with Gasteiger partial charge >= 0.3 is 0 Å². The van der Waals surface area contributed by atoms with Gasteiger partial charge < -0.3 is 28.5 Å². The number of Topliss-reactive ketones (excluding diaryl/α,β-unsaturated/α-hetero) is 1. The SMILES string of the molecule is CON=C1c2cc(OC)c(OCc3ccccc3)cc2C(=O)CC1c1cc2c(cc1OC)OCO2. The summed E-state index contributed by atoms with van der Waals surface area (Å²) in [5.74, 6) is 2.29. The topological polar surface area (TPSA) is 84.8 Å². The minimum Gasteiger partial charge on any atom is -0.496 e. The van der Waals surface area contributed by atoms with E-state index in [0.717, 1.165) is 11.1 Å². The van der Waals surface area contributed by atoms with Crippen molar-refractivity contribution in [1.29, 1.82) is 0 Å². The highest BCUT2D eigenvalue weighted by Crippen LogP contribution is 2.46. The first kappa shape index (κ1) is 22.6. The van der Waals surface area contributed by atoms with Crippen LogP contribution >= 0.6 is 0 Å². The highest BCUT2D eigenvalue weighted by Gasteiger charge is 2.36. The van der Waals surface area contributed by atoms with Crippen molar-refractivity contribution in [1.82, 2.24) is 0 Å². The molecule has 0 aromatic heterocycles. The Morgan fingerprint density at radius 1 is 0.886 bits per heavy atom. The van der Waals surface area contributed by atoms with Gasteiger partial charge in [-0.05, 0) is 23.8 Å². The molecule has 0 amide bonds. The van der Waals surface area contributed by atoms with E-state index in [0.29, 0.717) is 52.2 Å². The van der Waals surface area contributed by atoms with Crippen molar-refractivity contribution < 1.29 is 33.3 Å². The van der Waals surface area contributed by atoms with E-state index in [4.69, 9.17) is 28.5 Å². The molecule has 1 unspecified atom stereocenters.